The van der Waals surface area contributed by atoms with Gasteiger partial charge in [0.25, 0.3) is 6.71 Å². The molecule has 0 amide bonds. The summed E-state index contributed by atoms with van der Waals surface area (Å²) >= 11 is 1.92. The van der Waals surface area contributed by atoms with Crippen LogP contribution in [0.2, 0.25) is 0 Å². The Bertz CT molecular complexity index is 3260. The molecule has 318 valence electrons. The average Bonchev–Trinajstić information content (AvgIpc) is 3.84. The van der Waals surface area contributed by atoms with Crippen molar-refractivity contribution in [3.63, 3.8) is 0 Å². The van der Waals surface area contributed by atoms with Crippen molar-refractivity contribution in [1.29, 1.82) is 5.26 Å². The van der Waals surface area contributed by atoms with Crippen molar-refractivity contribution in [2.45, 2.75) is 134 Å². The highest BCUT2D eigenvalue weighted by molar-refractivity contribution is 7.26. The molecule has 6 aliphatic rings. The predicted molar refractivity (Wildman–Crippen MR) is 272 cm³/mol. The average molecular weight is 853 g/mol. The molecule has 13 rings (SSSR count). The first-order valence-corrected chi connectivity index (χ1v) is 24.8. The number of anilines is 7. The van der Waals surface area contributed by atoms with Crippen molar-refractivity contribution in [1.82, 2.24) is 0 Å². The Morgan fingerprint density at radius 3 is 2.09 bits per heavy atom. The van der Waals surface area contributed by atoms with E-state index < -0.39 is 0 Å². The summed E-state index contributed by atoms with van der Waals surface area (Å²) in [7, 11) is 0. The fourth-order valence-electron chi connectivity index (χ4n) is 14.4. The molecule has 0 saturated heterocycles. The van der Waals surface area contributed by atoms with E-state index in [1.54, 1.807) is 0 Å². The molecule has 5 heterocycles. The van der Waals surface area contributed by atoms with E-state index in [0.29, 0.717) is 0 Å². The minimum atomic E-state index is -0.110. The van der Waals surface area contributed by atoms with Gasteiger partial charge in [0.2, 0.25) is 0 Å². The van der Waals surface area contributed by atoms with Gasteiger partial charge in [-0.2, -0.15) is 5.26 Å². The maximum atomic E-state index is 10.8. The third-order valence-electron chi connectivity index (χ3n) is 18.1. The highest BCUT2D eigenvalue weighted by Crippen LogP contribution is 2.64. The number of thiophene rings is 1. The molecule has 2 fully saturated rings. The van der Waals surface area contributed by atoms with Crippen LogP contribution < -0.4 is 31.1 Å². The first kappa shape index (κ1) is 38.9. The van der Waals surface area contributed by atoms with Crippen molar-refractivity contribution in [3.8, 4) is 6.07 Å². The smallest absolute Gasteiger partial charge is 0.252 e. The van der Waals surface area contributed by atoms with E-state index >= 15 is 0 Å². The maximum absolute atomic E-state index is 10.8. The van der Waals surface area contributed by atoms with Crippen LogP contribution in [0.25, 0.3) is 20.2 Å². The maximum Gasteiger partial charge on any atom is 0.252 e. The summed E-state index contributed by atoms with van der Waals surface area (Å²) < 4.78 is 2.64. The number of benzene rings is 6. The molecule has 4 aliphatic heterocycles. The normalized spacial score (nSPS) is 26.0. The molecule has 0 N–H and O–H groups in total. The minimum Gasteiger partial charge on any atom is -0.335 e. The number of fused-ring (bicyclic) bond motifs is 13. The quantitative estimate of drug-likeness (QED) is 0.162. The number of hydrogen-bond acceptors (Lipinski definition) is 5. The fraction of sp³-hybridized carbons (Fsp3) is 0.362. The monoisotopic (exact) mass is 852 g/mol. The summed E-state index contributed by atoms with van der Waals surface area (Å²) in [4.78, 5) is 8.22. The van der Waals surface area contributed by atoms with Gasteiger partial charge in [-0.1, -0.05) is 109 Å². The summed E-state index contributed by atoms with van der Waals surface area (Å²) in [5, 5.41) is 13.4. The van der Waals surface area contributed by atoms with Gasteiger partial charge in [0, 0.05) is 60.4 Å². The van der Waals surface area contributed by atoms with Gasteiger partial charge in [-0.3, -0.25) is 0 Å². The van der Waals surface area contributed by atoms with Crippen LogP contribution in [0.5, 0.6) is 0 Å². The summed E-state index contributed by atoms with van der Waals surface area (Å²) in [6, 6.07) is 43.0. The molecule has 0 radical (unpaired) electrons. The summed E-state index contributed by atoms with van der Waals surface area (Å²) in [6.07, 6.45) is 9.54. The van der Waals surface area contributed by atoms with Crippen LogP contribution in [0.15, 0.2) is 103 Å². The Kier molecular flexibility index (Phi) is 7.68. The largest absolute Gasteiger partial charge is 0.335 e. The topological polar surface area (TPSA) is 33.5 Å². The Labute approximate surface area is 383 Å². The van der Waals surface area contributed by atoms with Crippen LogP contribution >= 0.6 is 11.3 Å². The first-order valence-electron chi connectivity index (χ1n) is 24.0. The van der Waals surface area contributed by atoms with E-state index in [1.165, 1.54) is 131 Å². The van der Waals surface area contributed by atoms with E-state index in [4.69, 9.17) is 0 Å². The summed E-state index contributed by atoms with van der Waals surface area (Å²) in [5.74, 6) is 0. The molecule has 7 aromatic rings. The Morgan fingerprint density at radius 2 is 1.33 bits per heavy atom. The SMILES string of the molecule is Cc1cc2c3c(c1)N1c4c(cc(C#N)cc4C4(C)CCCCC14C)B3c1ccc(N3c4ccc(C(C)(C)C)cc4C4(C)CCCCC34C)cc1N2c1cccc2c1sc1ccccc12. The first-order chi connectivity index (χ1) is 30.7. The van der Waals surface area contributed by atoms with Crippen LogP contribution in [0, 0.1) is 18.3 Å². The summed E-state index contributed by atoms with van der Waals surface area (Å²) in [6.45, 7) is 19.5. The number of rotatable bonds is 2. The third kappa shape index (κ3) is 4.65. The Balaban J connectivity index is 1.12. The zero-order chi connectivity index (χ0) is 43.9. The van der Waals surface area contributed by atoms with Gasteiger partial charge in [0.15, 0.2) is 0 Å². The molecule has 4 nitrogen and oxygen atoms in total. The van der Waals surface area contributed by atoms with Crippen LogP contribution in [-0.4, -0.2) is 17.8 Å². The van der Waals surface area contributed by atoms with E-state index in [2.05, 4.69) is 179 Å². The zero-order valence-electron chi connectivity index (χ0n) is 38.7. The molecular formula is C58H57BN4S. The van der Waals surface area contributed by atoms with Crippen LogP contribution in [-0.2, 0) is 16.2 Å². The van der Waals surface area contributed by atoms with Gasteiger partial charge >= 0.3 is 0 Å². The fourth-order valence-corrected chi connectivity index (χ4v) is 15.6. The molecule has 0 spiro atoms. The number of aryl methyl sites for hydroxylation is 1. The van der Waals surface area contributed by atoms with Gasteiger partial charge in [-0.15, -0.1) is 11.3 Å². The lowest BCUT2D eigenvalue weighted by molar-refractivity contribution is 0.195. The van der Waals surface area contributed by atoms with Crippen molar-refractivity contribution in [2.75, 3.05) is 14.7 Å². The van der Waals surface area contributed by atoms with E-state index in [-0.39, 0.29) is 34.0 Å². The predicted octanol–water partition coefficient (Wildman–Crippen LogP) is 13.6. The van der Waals surface area contributed by atoms with Crippen molar-refractivity contribution < 1.29 is 0 Å². The van der Waals surface area contributed by atoms with Crippen molar-refractivity contribution in [3.05, 3.63) is 131 Å². The Morgan fingerprint density at radius 1 is 0.625 bits per heavy atom. The Hall–Kier alpha value is -5.51. The van der Waals surface area contributed by atoms with Gasteiger partial charge in [0.05, 0.1) is 33.1 Å². The molecule has 2 aliphatic carbocycles. The second kappa shape index (κ2) is 12.6. The van der Waals surface area contributed by atoms with E-state index in [9.17, 15) is 5.26 Å². The second-order valence-corrected chi connectivity index (χ2v) is 23.4. The van der Waals surface area contributed by atoms with Crippen molar-refractivity contribution >= 4 is 94.4 Å². The molecule has 64 heavy (non-hydrogen) atoms. The van der Waals surface area contributed by atoms with Gasteiger partial charge in [0.1, 0.15) is 0 Å². The second-order valence-electron chi connectivity index (χ2n) is 22.3. The molecule has 0 bridgehead atoms. The molecule has 4 atom stereocenters. The standard InChI is InChI=1S/C58H57BN4S/c1-35-28-48-51-49(29-35)63-52-42(56(6)25-12-14-27-58(56,63)8)30-36(34-60)31-44(52)59(51)43-22-21-38(33-47(43)61(48)46-18-15-17-40-39-16-9-10-19-50(39)64-53(40)46)62-45-23-20-37(54(2,3)4)32-41(45)55(5)24-11-13-26-57(55,62)7/h9-10,15-23,28-33H,11-14,24-27H2,1-8H3. The number of nitrogens with zero attached hydrogens (tertiary/aromatic N) is 4. The lowest BCUT2D eigenvalue weighted by atomic mass is 9.33. The lowest BCUT2D eigenvalue weighted by Gasteiger charge is -2.53. The minimum absolute atomic E-state index is 0.0195. The van der Waals surface area contributed by atoms with Crippen molar-refractivity contribution in [2.24, 2.45) is 0 Å². The molecule has 4 unspecified atom stereocenters. The van der Waals surface area contributed by atoms with E-state index in [0.717, 1.165) is 24.8 Å². The number of nitriles is 1. The zero-order valence-corrected chi connectivity index (χ0v) is 39.6. The molecule has 6 aromatic carbocycles. The molecule has 6 heteroatoms. The molecule has 1 aromatic heterocycles. The number of hydrogen-bond donors (Lipinski definition) is 0. The van der Waals surface area contributed by atoms with Crippen LogP contribution in [0.4, 0.5) is 39.8 Å². The molecule has 2 saturated carbocycles. The summed E-state index contributed by atoms with van der Waals surface area (Å²) in [5.41, 5.74) is 19.3. The van der Waals surface area contributed by atoms with Gasteiger partial charge in [-0.25, -0.2) is 0 Å². The highest BCUT2D eigenvalue weighted by Gasteiger charge is 2.62. The van der Waals surface area contributed by atoms with Crippen LogP contribution in [0.1, 0.15) is 128 Å². The third-order valence-corrected chi connectivity index (χ3v) is 19.3. The van der Waals surface area contributed by atoms with Gasteiger partial charge in [-0.05, 0) is 145 Å². The highest BCUT2D eigenvalue weighted by atomic mass is 32.1. The van der Waals surface area contributed by atoms with Gasteiger partial charge < -0.3 is 14.7 Å². The lowest BCUT2D eigenvalue weighted by Crippen LogP contribution is -2.64. The van der Waals surface area contributed by atoms with Crippen LogP contribution in [0.3, 0.4) is 0 Å². The van der Waals surface area contributed by atoms with E-state index in [1.807, 2.05) is 11.3 Å². The molecular weight excluding hydrogens is 796 g/mol.